The second kappa shape index (κ2) is 7.77. The van der Waals surface area contributed by atoms with Crippen molar-refractivity contribution in [2.24, 2.45) is 5.92 Å². The number of nitrogens with zero attached hydrogens (tertiary/aromatic N) is 1. The molecule has 2 N–H and O–H groups in total. The summed E-state index contributed by atoms with van der Waals surface area (Å²) in [6.45, 7) is 2.21. The lowest BCUT2D eigenvalue weighted by Crippen LogP contribution is -2.39. The van der Waals surface area contributed by atoms with Crippen LogP contribution in [0.3, 0.4) is 0 Å². The fourth-order valence-electron chi connectivity index (χ4n) is 2.76. The predicted molar refractivity (Wildman–Crippen MR) is 82.7 cm³/mol. The summed E-state index contributed by atoms with van der Waals surface area (Å²) in [4.78, 5) is 2.06. The van der Waals surface area contributed by atoms with Crippen molar-refractivity contribution in [1.82, 2.24) is 4.90 Å². The fourth-order valence-corrected chi connectivity index (χ4v) is 2.76. The van der Waals surface area contributed by atoms with E-state index >= 15 is 0 Å². The van der Waals surface area contributed by atoms with Crippen molar-refractivity contribution < 1.29 is 22.6 Å². The third-order valence-corrected chi connectivity index (χ3v) is 4.11. The summed E-state index contributed by atoms with van der Waals surface area (Å²) < 4.78 is 48.7. The van der Waals surface area contributed by atoms with Crippen LogP contribution in [-0.4, -0.2) is 44.4 Å². The molecule has 1 aliphatic heterocycles. The highest BCUT2D eigenvalue weighted by molar-refractivity contribution is 5.51. The molecule has 0 aromatic heterocycles. The number of nitrogens with two attached hydrogens (primary N) is 1. The molecule has 1 saturated heterocycles. The molecule has 1 aromatic rings. The number of anilines is 1. The molecule has 0 atom stereocenters. The number of rotatable bonds is 6. The van der Waals surface area contributed by atoms with Gasteiger partial charge in [0.1, 0.15) is 0 Å². The van der Waals surface area contributed by atoms with Gasteiger partial charge in [0, 0.05) is 18.3 Å². The second-order valence-corrected chi connectivity index (χ2v) is 5.77. The molecule has 0 bridgehead atoms. The van der Waals surface area contributed by atoms with E-state index in [9.17, 15) is 13.2 Å². The number of halogens is 3. The van der Waals surface area contributed by atoms with Crippen LogP contribution in [0.25, 0.3) is 0 Å². The summed E-state index contributed by atoms with van der Waals surface area (Å²) in [6.07, 6.45) is -2.92. The molecule has 23 heavy (non-hydrogen) atoms. The molecule has 0 saturated carbocycles. The first-order valence-electron chi connectivity index (χ1n) is 7.75. The minimum absolute atomic E-state index is 0.191. The standard InChI is InChI=1S/C16H23F3N2O2/c1-22-15-11-13(20)3-4-14(15)23-10-2-7-21-8-5-12(6-9-21)16(17,18)19/h3-4,11-12H,2,5-10,20H2,1H3. The molecule has 1 aliphatic rings. The van der Waals surface area contributed by atoms with Crippen molar-refractivity contribution in [3.8, 4) is 11.5 Å². The zero-order chi connectivity index (χ0) is 16.9. The summed E-state index contributed by atoms with van der Waals surface area (Å²) in [5.41, 5.74) is 6.27. The molecule has 4 nitrogen and oxygen atoms in total. The Bertz CT molecular complexity index is 501. The third-order valence-electron chi connectivity index (χ3n) is 4.11. The largest absolute Gasteiger partial charge is 0.493 e. The van der Waals surface area contributed by atoms with Gasteiger partial charge in [-0.25, -0.2) is 0 Å². The molecule has 2 rings (SSSR count). The van der Waals surface area contributed by atoms with Crippen molar-refractivity contribution in [3.05, 3.63) is 18.2 Å². The number of benzene rings is 1. The predicted octanol–water partition coefficient (Wildman–Crippen LogP) is 3.32. The first-order chi connectivity index (χ1) is 10.9. The van der Waals surface area contributed by atoms with E-state index in [0.717, 1.165) is 13.0 Å². The summed E-state index contributed by atoms with van der Waals surface area (Å²) in [5, 5.41) is 0. The van der Waals surface area contributed by atoms with Crippen LogP contribution in [0.2, 0.25) is 0 Å². The molecular weight excluding hydrogens is 309 g/mol. The van der Waals surface area contributed by atoms with Gasteiger partial charge in [-0.15, -0.1) is 0 Å². The first kappa shape index (κ1) is 17.7. The maximum Gasteiger partial charge on any atom is 0.391 e. The Kier molecular flexibility index (Phi) is 5.98. The highest BCUT2D eigenvalue weighted by atomic mass is 19.4. The van der Waals surface area contributed by atoms with Gasteiger partial charge in [0.25, 0.3) is 0 Å². The topological polar surface area (TPSA) is 47.7 Å². The van der Waals surface area contributed by atoms with Crippen LogP contribution in [0.5, 0.6) is 11.5 Å². The number of likely N-dealkylation sites (tertiary alicyclic amines) is 1. The Morgan fingerprint density at radius 1 is 1.22 bits per heavy atom. The van der Waals surface area contributed by atoms with E-state index < -0.39 is 12.1 Å². The zero-order valence-corrected chi connectivity index (χ0v) is 13.2. The molecule has 0 aliphatic carbocycles. The van der Waals surface area contributed by atoms with E-state index in [1.165, 1.54) is 0 Å². The average molecular weight is 332 g/mol. The Balaban J connectivity index is 1.69. The Labute approximate surface area is 134 Å². The van der Waals surface area contributed by atoms with Gasteiger partial charge in [0.2, 0.25) is 0 Å². The lowest BCUT2D eigenvalue weighted by molar-refractivity contribution is -0.185. The van der Waals surface area contributed by atoms with E-state index in [-0.39, 0.29) is 12.8 Å². The summed E-state index contributed by atoms with van der Waals surface area (Å²) in [7, 11) is 1.55. The van der Waals surface area contributed by atoms with Crippen LogP contribution in [0.4, 0.5) is 18.9 Å². The van der Waals surface area contributed by atoms with Crippen LogP contribution in [0, 0.1) is 5.92 Å². The molecule has 0 amide bonds. The van der Waals surface area contributed by atoms with Gasteiger partial charge < -0.3 is 20.1 Å². The van der Waals surface area contributed by atoms with E-state index in [4.69, 9.17) is 15.2 Å². The molecule has 7 heteroatoms. The van der Waals surface area contributed by atoms with Gasteiger partial charge in [0.15, 0.2) is 11.5 Å². The van der Waals surface area contributed by atoms with Crippen molar-refractivity contribution in [2.45, 2.75) is 25.4 Å². The van der Waals surface area contributed by atoms with E-state index in [1.807, 2.05) is 0 Å². The molecule has 0 spiro atoms. The van der Waals surface area contributed by atoms with Crippen LogP contribution in [-0.2, 0) is 0 Å². The normalized spacial score (nSPS) is 17.2. The summed E-state index contributed by atoms with van der Waals surface area (Å²) in [6, 6.07) is 5.18. The maximum atomic E-state index is 12.6. The molecule has 130 valence electrons. The lowest BCUT2D eigenvalue weighted by Gasteiger charge is -2.32. The van der Waals surface area contributed by atoms with Crippen molar-refractivity contribution in [1.29, 1.82) is 0 Å². The molecule has 1 fully saturated rings. The molecule has 0 unspecified atom stereocenters. The number of hydrogen-bond donors (Lipinski definition) is 1. The van der Waals surface area contributed by atoms with Gasteiger partial charge in [-0.3, -0.25) is 0 Å². The van der Waals surface area contributed by atoms with Crippen LogP contribution < -0.4 is 15.2 Å². The van der Waals surface area contributed by atoms with Crippen molar-refractivity contribution >= 4 is 5.69 Å². The average Bonchev–Trinajstić information content (AvgIpc) is 2.52. The van der Waals surface area contributed by atoms with Gasteiger partial charge in [-0.1, -0.05) is 0 Å². The van der Waals surface area contributed by atoms with Gasteiger partial charge in [-0.05, 0) is 44.5 Å². The third kappa shape index (κ3) is 5.20. The number of alkyl halides is 3. The smallest absolute Gasteiger partial charge is 0.391 e. The van der Waals surface area contributed by atoms with Crippen LogP contribution in [0.1, 0.15) is 19.3 Å². The minimum atomic E-state index is -4.05. The van der Waals surface area contributed by atoms with Crippen LogP contribution in [0.15, 0.2) is 18.2 Å². The molecule has 0 radical (unpaired) electrons. The van der Waals surface area contributed by atoms with E-state index in [0.29, 0.717) is 36.9 Å². The molecule has 1 aromatic carbocycles. The molecular formula is C16H23F3N2O2. The quantitative estimate of drug-likeness (QED) is 0.641. The highest BCUT2D eigenvalue weighted by Crippen LogP contribution is 2.34. The van der Waals surface area contributed by atoms with Gasteiger partial charge in [-0.2, -0.15) is 13.2 Å². The highest BCUT2D eigenvalue weighted by Gasteiger charge is 2.40. The first-order valence-corrected chi connectivity index (χ1v) is 7.75. The monoisotopic (exact) mass is 332 g/mol. The van der Waals surface area contributed by atoms with Gasteiger partial charge >= 0.3 is 6.18 Å². The second-order valence-electron chi connectivity index (χ2n) is 5.77. The van der Waals surface area contributed by atoms with Crippen molar-refractivity contribution in [2.75, 3.05) is 39.1 Å². The number of methoxy groups -OCH3 is 1. The number of hydrogen-bond acceptors (Lipinski definition) is 4. The van der Waals surface area contributed by atoms with E-state index in [2.05, 4.69) is 4.90 Å². The Hall–Kier alpha value is -1.63. The zero-order valence-electron chi connectivity index (χ0n) is 13.2. The van der Waals surface area contributed by atoms with Crippen molar-refractivity contribution in [3.63, 3.8) is 0 Å². The minimum Gasteiger partial charge on any atom is -0.493 e. The Morgan fingerprint density at radius 3 is 2.52 bits per heavy atom. The number of piperidine rings is 1. The van der Waals surface area contributed by atoms with Gasteiger partial charge in [0.05, 0.1) is 19.6 Å². The lowest BCUT2D eigenvalue weighted by atomic mass is 9.96. The SMILES string of the molecule is COc1cc(N)ccc1OCCCN1CCC(C(F)(F)F)CC1. The number of ether oxygens (including phenoxy) is 2. The fraction of sp³-hybridized carbons (Fsp3) is 0.625. The van der Waals surface area contributed by atoms with Crippen LogP contribution >= 0.6 is 0 Å². The summed E-state index contributed by atoms with van der Waals surface area (Å²) in [5.74, 6) is 0.0579. The maximum absolute atomic E-state index is 12.6. The van der Waals surface area contributed by atoms with E-state index in [1.54, 1.807) is 25.3 Å². The molecule has 1 heterocycles. The Morgan fingerprint density at radius 2 is 1.91 bits per heavy atom. The summed E-state index contributed by atoms with van der Waals surface area (Å²) >= 11 is 0. The number of nitrogen functional groups attached to an aromatic ring is 1.